The van der Waals surface area contributed by atoms with Crippen LogP contribution in [0.3, 0.4) is 0 Å². The molecule has 3 nitrogen and oxygen atoms in total. The normalized spacial score (nSPS) is 23.2. The fraction of sp³-hybridized carbons (Fsp3) is 0.375. The van der Waals surface area contributed by atoms with Gasteiger partial charge in [-0.3, -0.25) is 5.84 Å². The van der Waals surface area contributed by atoms with Crippen molar-refractivity contribution in [2.75, 3.05) is 0 Å². The predicted octanol–water partition coefficient (Wildman–Crippen LogP) is 3.44. The van der Waals surface area contributed by atoms with Gasteiger partial charge in [-0.05, 0) is 45.1 Å². The first-order chi connectivity index (χ1) is 9.51. The van der Waals surface area contributed by atoms with Gasteiger partial charge in [-0.1, -0.05) is 23.8 Å². The van der Waals surface area contributed by atoms with Crippen LogP contribution in [0.1, 0.15) is 27.2 Å². The summed E-state index contributed by atoms with van der Waals surface area (Å²) in [6.07, 6.45) is 11.5. The summed E-state index contributed by atoms with van der Waals surface area (Å²) in [6, 6.07) is 0. The summed E-state index contributed by atoms with van der Waals surface area (Å²) < 4.78 is 19.3. The fourth-order valence-electron chi connectivity index (χ4n) is 1.68. The Morgan fingerprint density at radius 3 is 2.60 bits per heavy atom. The van der Waals surface area contributed by atoms with Crippen molar-refractivity contribution in [3.8, 4) is 0 Å². The molecule has 0 aromatic rings. The molecule has 0 saturated carbocycles. The Morgan fingerprint density at radius 2 is 1.95 bits per heavy atom. The van der Waals surface area contributed by atoms with Crippen molar-refractivity contribution in [3.05, 3.63) is 59.6 Å². The molecule has 3 N–H and O–H groups in total. The topological polar surface area (TPSA) is 47.3 Å². The molecule has 0 bridgehead atoms. The molecule has 1 rings (SSSR count). The molecule has 0 amide bonds. The third kappa shape index (κ3) is 6.38. The molecule has 4 heteroatoms. The van der Waals surface area contributed by atoms with Gasteiger partial charge in [0.1, 0.15) is 18.0 Å². The standard InChI is InChI=1S/C16H23FN2O/c1-12(2)10-16(9-8-13(3)19-18)20-15-7-5-4-6-14(17)11-15/h4-10,14-15,19H,11,18H2,1-3H3/b13-8+,16-9+. The molecule has 110 valence electrons. The summed E-state index contributed by atoms with van der Waals surface area (Å²) in [6.45, 7) is 5.82. The van der Waals surface area contributed by atoms with Gasteiger partial charge in [0, 0.05) is 12.1 Å². The first-order valence-electron chi connectivity index (χ1n) is 6.67. The summed E-state index contributed by atoms with van der Waals surface area (Å²) in [5.41, 5.74) is 4.47. The molecule has 0 aliphatic heterocycles. The lowest BCUT2D eigenvalue weighted by atomic mass is 10.2. The molecule has 0 fully saturated rings. The summed E-state index contributed by atoms with van der Waals surface area (Å²) >= 11 is 0. The molecule has 0 saturated heterocycles. The number of nitrogens with one attached hydrogen (secondary N) is 1. The molecule has 0 aromatic carbocycles. The Bertz CT molecular complexity index is 457. The number of hydrogen-bond acceptors (Lipinski definition) is 3. The summed E-state index contributed by atoms with van der Waals surface area (Å²) in [4.78, 5) is 0. The Labute approximate surface area is 120 Å². The van der Waals surface area contributed by atoms with Gasteiger partial charge in [0.25, 0.3) is 0 Å². The highest BCUT2D eigenvalue weighted by Gasteiger charge is 2.15. The van der Waals surface area contributed by atoms with Crippen LogP contribution in [0.25, 0.3) is 0 Å². The van der Waals surface area contributed by atoms with Gasteiger partial charge in [0.05, 0.1) is 0 Å². The number of allylic oxidation sites excluding steroid dienone is 8. The molecule has 0 heterocycles. The Kier molecular flexibility index (Phi) is 6.81. The minimum atomic E-state index is -0.981. The summed E-state index contributed by atoms with van der Waals surface area (Å²) in [5.74, 6) is 5.99. The zero-order chi connectivity index (χ0) is 15.0. The molecule has 1 aliphatic carbocycles. The van der Waals surface area contributed by atoms with E-state index in [1.165, 1.54) is 6.08 Å². The minimum absolute atomic E-state index is 0.276. The van der Waals surface area contributed by atoms with Gasteiger partial charge in [0.15, 0.2) is 0 Å². The third-order valence-corrected chi connectivity index (χ3v) is 2.66. The quantitative estimate of drug-likeness (QED) is 0.350. The number of rotatable bonds is 5. The second kappa shape index (κ2) is 8.38. The van der Waals surface area contributed by atoms with Crippen molar-refractivity contribution in [2.24, 2.45) is 5.84 Å². The number of hydrazine groups is 1. The third-order valence-electron chi connectivity index (χ3n) is 2.66. The van der Waals surface area contributed by atoms with E-state index in [-0.39, 0.29) is 6.10 Å². The van der Waals surface area contributed by atoms with Gasteiger partial charge in [-0.25, -0.2) is 4.39 Å². The first kappa shape index (κ1) is 16.2. The van der Waals surface area contributed by atoms with Crippen LogP contribution in [-0.2, 0) is 4.74 Å². The smallest absolute Gasteiger partial charge is 0.122 e. The van der Waals surface area contributed by atoms with Crippen molar-refractivity contribution in [2.45, 2.75) is 39.5 Å². The molecule has 0 radical (unpaired) electrons. The van der Waals surface area contributed by atoms with Gasteiger partial charge in [0.2, 0.25) is 0 Å². The number of hydrogen-bond donors (Lipinski definition) is 2. The van der Waals surface area contributed by atoms with Crippen LogP contribution in [0.2, 0.25) is 0 Å². The maximum Gasteiger partial charge on any atom is 0.122 e. The van der Waals surface area contributed by atoms with Crippen LogP contribution >= 0.6 is 0 Å². The molecule has 2 unspecified atom stereocenters. The van der Waals surface area contributed by atoms with Gasteiger partial charge in [-0.15, -0.1) is 0 Å². The maximum atomic E-state index is 13.5. The maximum absolute atomic E-state index is 13.5. The van der Waals surface area contributed by atoms with Crippen molar-refractivity contribution in [1.82, 2.24) is 5.43 Å². The number of ether oxygens (including phenoxy) is 1. The second-order valence-electron chi connectivity index (χ2n) is 4.96. The Balaban J connectivity index is 2.82. The van der Waals surface area contributed by atoms with Crippen molar-refractivity contribution < 1.29 is 9.13 Å². The zero-order valence-corrected chi connectivity index (χ0v) is 12.3. The second-order valence-corrected chi connectivity index (χ2v) is 4.96. The largest absolute Gasteiger partial charge is 0.486 e. The van der Waals surface area contributed by atoms with Crippen LogP contribution in [0.15, 0.2) is 59.6 Å². The lowest BCUT2D eigenvalue weighted by molar-refractivity contribution is 0.136. The molecule has 0 aromatic heterocycles. The van der Waals surface area contributed by atoms with E-state index in [9.17, 15) is 4.39 Å². The van der Waals surface area contributed by atoms with Crippen LogP contribution in [0.5, 0.6) is 0 Å². The van der Waals surface area contributed by atoms with Crippen molar-refractivity contribution in [1.29, 1.82) is 0 Å². The van der Waals surface area contributed by atoms with Crippen LogP contribution in [0.4, 0.5) is 4.39 Å². The molecule has 1 aliphatic rings. The number of alkyl halides is 1. The Hall–Kier alpha value is -1.81. The molecular weight excluding hydrogens is 255 g/mol. The number of nitrogens with two attached hydrogens (primary N) is 1. The molecule has 0 spiro atoms. The lowest BCUT2D eigenvalue weighted by Gasteiger charge is -2.16. The average Bonchev–Trinajstić information content (AvgIpc) is 2.59. The van der Waals surface area contributed by atoms with Gasteiger partial charge < -0.3 is 10.2 Å². The van der Waals surface area contributed by atoms with E-state index in [4.69, 9.17) is 10.6 Å². The van der Waals surface area contributed by atoms with E-state index >= 15 is 0 Å². The highest BCUT2D eigenvalue weighted by atomic mass is 19.1. The highest BCUT2D eigenvalue weighted by molar-refractivity contribution is 5.24. The lowest BCUT2D eigenvalue weighted by Crippen LogP contribution is -2.18. The minimum Gasteiger partial charge on any atom is -0.486 e. The van der Waals surface area contributed by atoms with Crippen LogP contribution in [0, 0.1) is 0 Å². The highest BCUT2D eigenvalue weighted by Crippen LogP contribution is 2.17. The van der Waals surface area contributed by atoms with Crippen LogP contribution in [-0.4, -0.2) is 12.3 Å². The van der Waals surface area contributed by atoms with E-state index in [0.717, 1.165) is 11.3 Å². The summed E-state index contributed by atoms with van der Waals surface area (Å²) in [7, 11) is 0. The molecule has 20 heavy (non-hydrogen) atoms. The fourth-order valence-corrected chi connectivity index (χ4v) is 1.68. The SMILES string of the molecule is CC(C)=C/C(=C\C=C(/C)NN)OC1C=CC=CC(F)C1. The van der Waals surface area contributed by atoms with Gasteiger partial charge >= 0.3 is 0 Å². The molecule has 2 atom stereocenters. The number of halogens is 1. The predicted molar refractivity (Wildman–Crippen MR) is 81.3 cm³/mol. The van der Waals surface area contributed by atoms with E-state index in [1.807, 2.05) is 51.2 Å². The van der Waals surface area contributed by atoms with Crippen molar-refractivity contribution >= 4 is 0 Å². The average molecular weight is 278 g/mol. The van der Waals surface area contributed by atoms with E-state index in [0.29, 0.717) is 12.2 Å². The van der Waals surface area contributed by atoms with E-state index in [2.05, 4.69) is 5.43 Å². The van der Waals surface area contributed by atoms with Crippen molar-refractivity contribution in [3.63, 3.8) is 0 Å². The zero-order valence-electron chi connectivity index (χ0n) is 12.3. The van der Waals surface area contributed by atoms with E-state index < -0.39 is 6.17 Å². The van der Waals surface area contributed by atoms with Crippen LogP contribution < -0.4 is 11.3 Å². The van der Waals surface area contributed by atoms with E-state index in [1.54, 1.807) is 6.08 Å². The molecular formula is C16H23FN2O. The first-order valence-corrected chi connectivity index (χ1v) is 6.67. The monoisotopic (exact) mass is 278 g/mol. The Morgan fingerprint density at radius 1 is 1.25 bits per heavy atom. The van der Waals surface area contributed by atoms with Gasteiger partial charge in [-0.2, -0.15) is 0 Å². The summed E-state index contributed by atoms with van der Waals surface area (Å²) in [5, 5.41) is 0.